The molecule has 3 atom stereocenters. The third-order valence-corrected chi connectivity index (χ3v) is 4.72. The fraction of sp³-hybridized carbons (Fsp3) is 0.348. The molecular formula is C23H28N2O6. The van der Waals surface area contributed by atoms with Gasteiger partial charge >= 0.3 is 11.9 Å². The molecule has 0 heterocycles. The predicted octanol–water partition coefficient (Wildman–Crippen LogP) is 2.12. The van der Waals surface area contributed by atoms with Crippen molar-refractivity contribution in [1.82, 2.24) is 5.32 Å². The van der Waals surface area contributed by atoms with E-state index in [1.807, 2.05) is 0 Å². The first kappa shape index (κ1) is 24.0. The van der Waals surface area contributed by atoms with Crippen molar-refractivity contribution in [3.63, 3.8) is 0 Å². The summed E-state index contributed by atoms with van der Waals surface area (Å²) in [4.78, 5) is 36.4. The molecule has 0 saturated carbocycles. The highest BCUT2D eigenvalue weighted by Crippen LogP contribution is 2.28. The highest BCUT2D eigenvalue weighted by Gasteiger charge is 2.41. The number of esters is 1. The minimum absolute atomic E-state index is 0.315. The first-order valence-corrected chi connectivity index (χ1v) is 9.72. The average Bonchev–Trinajstić information content (AvgIpc) is 2.71. The van der Waals surface area contributed by atoms with Crippen LogP contribution in [0.4, 0.5) is 0 Å². The van der Waals surface area contributed by atoms with Crippen LogP contribution in [-0.4, -0.2) is 39.8 Å². The number of aliphatic hydroxyl groups is 1. The molecule has 0 aliphatic heterocycles. The number of benzene rings is 2. The Balaban J connectivity index is 2.34. The lowest BCUT2D eigenvalue weighted by Gasteiger charge is -2.34. The van der Waals surface area contributed by atoms with Crippen molar-refractivity contribution in [1.29, 1.82) is 0 Å². The third-order valence-electron chi connectivity index (χ3n) is 4.72. The lowest BCUT2D eigenvalue weighted by atomic mass is 9.85. The maximum atomic E-state index is 12.7. The second kappa shape index (κ2) is 9.28. The molecule has 0 saturated heterocycles. The van der Waals surface area contributed by atoms with E-state index in [4.69, 9.17) is 10.5 Å². The van der Waals surface area contributed by atoms with Gasteiger partial charge in [-0.3, -0.25) is 4.79 Å². The second-order valence-electron chi connectivity index (χ2n) is 8.40. The summed E-state index contributed by atoms with van der Waals surface area (Å²) in [5.74, 6) is -2.64. The summed E-state index contributed by atoms with van der Waals surface area (Å²) < 4.78 is 5.28. The van der Waals surface area contributed by atoms with E-state index in [9.17, 15) is 24.6 Å². The standard InChI is InChI=1S/C23H28N2O6/c1-22(2,3)31-21(30)17(24)14-10-12-16(13-11-14)23(4,18(26)20(28)29)25-19(27)15-8-6-5-7-9-15/h5-13,17-18,26H,24H2,1-4H3,(H,25,27)(H,28,29). The maximum absolute atomic E-state index is 12.7. The molecule has 2 aromatic rings. The number of aliphatic hydroxyl groups excluding tert-OH is 1. The summed E-state index contributed by atoms with van der Waals surface area (Å²) in [6.45, 7) is 6.61. The van der Waals surface area contributed by atoms with Crippen molar-refractivity contribution < 1.29 is 29.3 Å². The van der Waals surface area contributed by atoms with E-state index in [2.05, 4.69) is 5.32 Å². The highest BCUT2D eigenvalue weighted by molar-refractivity contribution is 5.95. The Morgan fingerprint density at radius 1 is 0.968 bits per heavy atom. The summed E-state index contributed by atoms with van der Waals surface area (Å²) >= 11 is 0. The van der Waals surface area contributed by atoms with Gasteiger partial charge in [-0.05, 0) is 51.0 Å². The van der Waals surface area contributed by atoms with E-state index < -0.39 is 41.1 Å². The molecule has 0 spiro atoms. The van der Waals surface area contributed by atoms with Gasteiger partial charge in [-0.1, -0.05) is 42.5 Å². The summed E-state index contributed by atoms with van der Waals surface area (Å²) in [5.41, 5.74) is 4.73. The average molecular weight is 428 g/mol. The molecule has 166 valence electrons. The lowest BCUT2D eigenvalue weighted by molar-refractivity contribution is -0.156. The molecule has 0 aliphatic rings. The Bertz CT molecular complexity index is 937. The Morgan fingerprint density at radius 3 is 2.00 bits per heavy atom. The number of hydrogen-bond acceptors (Lipinski definition) is 6. The van der Waals surface area contributed by atoms with Crippen molar-refractivity contribution in [3.8, 4) is 0 Å². The maximum Gasteiger partial charge on any atom is 0.335 e. The van der Waals surface area contributed by atoms with Crippen LogP contribution < -0.4 is 11.1 Å². The topological polar surface area (TPSA) is 139 Å². The number of carbonyl (C=O) groups is 3. The van der Waals surface area contributed by atoms with E-state index in [-0.39, 0.29) is 0 Å². The molecule has 0 aliphatic carbocycles. The number of aliphatic carboxylic acids is 1. The number of hydrogen-bond donors (Lipinski definition) is 4. The number of carboxylic acid groups (broad SMARTS) is 1. The zero-order chi connectivity index (χ0) is 23.4. The number of nitrogens with two attached hydrogens (primary N) is 1. The highest BCUT2D eigenvalue weighted by atomic mass is 16.6. The van der Waals surface area contributed by atoms with Crippen molar-refractivity contribution in [2.24, 2.45) is 5.73 Å². The minimum atomic E-state index is -1.93. The molecule has 5 N–H and O–H groups in total. The van der Waals surface area contributed by atoms with Crippen LogP contribution in [0.15, 0.2) is 54.6 Å². The largest absolute Gasteiger partial charge is 0.479 e. The van der Waals surface area contributed by atoms with Crippen LogP contribution in [0.1, 0.15) is 55.2 Å². The van der Waals surface area contributed by atoms with Gasteiger partial charge in [0.05, 0.1) is 5.54 Å². The SMILES string of the molecule is CC(C)(C)OC(=O)C(N)c1ccc(C(C)(NC(=O)c2ccccc2)C(O)C(=O)O)cc1. The Morgan fingerprint density at radius 2 is 1.52 bits per heavy atom. The van der Waals surface area contributed by atoms with Gasteiger partial charge in [0.1, 0.15) is 11.6 Å². The molecular weight excluding hydrogens is 400 g/mol. The van der Waals surface area contributed by atoms with Gasteiger partial charge < -0.3 is 26.0 Å². The van der Waals surface area contributed by atoms with Crippen molar-refractivity contribution in [2.75, 3.05) is 0 Å². The first-order valence-electron chi connectivity index (χ1n) is 9.72. The van der Waals surface area contributed by atoms with E-state index in [0.29, 0.717) is 16.7 Å². The van der Waals surface area contributed by atoms with Gasteiger partial charge in [-0.2, -0.15) is 0 Å². The van der Waals surface area contributed by atoms with E-state index in [1.165, 1.54) is 31.2 Å². The molecule has 31 heavy (non-hydrogen) atoms. The van der Waals surface area contributed by atoms with Crippen molar-refractivity contribution in [2.45, 2.75) is 51.0 Å². The van der Waals surface area contributed by atoms with Crippen LogP contribution in [0.25, 0.3) is 0 Å². The normalized spacial score (nSPS) is 15.3. The molecule has 0 aromatic heterocycles. The summed E-state index contributed by atoms with van der Waals surface area (Å²) in [7, 11) is 0. The lowest BCUT2D eigenvalue weighted by Crippen LogP contribution is -2.54. The van der Waals surface area contributed by atoms with Crippen LogP contribution in [-0.2, 0) is 19.9 Å². The van der Waals surface area contributed by atoms with E-state index >= 15 is 0 Å². The van der Waals surface area contributed by atoms with Crippen molar-refractivity contribution >= 4 is 17.8 Å². The number of carboxylic acids is 1. The molecule has 0 radical (unpaired) electrons. The summed E-state index contributed by atoms with van der Waals surface area (Å²) in [6.07, 6.45) is -1.93. The van der Waals surface area contributed by atoms with E-state index in [0.717, 1.165) is 0 Å². The van der Waals surface area contributed by atoms with Gasteiger partial charge in [0.15, 0.2) is 6.10 Å². The fourth-order valence-electron chi connectivity index (χ4n) is 2.98. The molecule has 2 aromatic carbocycles. The van der Waals surface area contributed by atoms with Crippen LogP contribution in [0.3, 0.4) is 0 Å². The number of amides is 1. The van der Waals surface area contributed by atoms with Crippen LogP contribution >= 0.6 is 0 Å². The van der Waals surface area contributed by atoms with Gasteiger partial charge in [0.25, 0.3) is 5.91 Å². The van der Waals surface area contributed by atoms with Crippen LogP contribution in [0.2, 0.25) is 0 Å². The molecule has 0 bridgehead atoms. The monoisotopic (exact) mass is 428 g/mol. The zero-order valence-corrected chi connectivity index (χ0v) is 18.0. The number of rotatable bonds is 7. The van der Waals surface area contributed by atoms with Gasteiger partial charge in [0, 0.05) is 5.56 Å². The molecule has 8 nitrogen and oxygen atoms in total. The molecule has 0 fully saturated rings. The zero-order valence-electron chi connectivity index (χ0n) is 18.0. The molecule has 3 unspecified atom stereocenters. The van der Waals surface area contributed by atoms with Gasteiger partial charge in [-0.15, -0.1) is 0 Å². The summed E-state index contributed by atoms with van der Waals surface area (Å²) in [6, 6.07) is 13.3. The third kappa shape index (κ3) is 5.90. The summed E-state index contributed by atoms with van der Waals surface area (Å²) in [5, 5.41) is 22.4. The first-order chi connectivity index (χ1) is 14.3. The number of ether oxygens (including phenoxy) is 1. The Hall–Kier alpha value is -3.23. The Labute approximate surface area is 181 Å². The van der Waals surface area contributed by atoms with E-state index in [1.54, 1.807) is 51.1 Å². The second-order valence-corrected chi connectivity index (χ2v) is 8.40. The van der Waals surface area contributed by atoms with Crippen LogP contribution in [0.5, 0.6) is 0 Å². The van der Waals surface area contributed by atoms with Gasteiger partial charge in [-0.25, -0.2) is 9.59 Å². The quantitative estimate of drug-likeness (QED) is 0.495. The number of nitrogens with one attached hydrogen (secondary N) is 1. The number of carbonyl (C=O) groups excluding carboxylic acids is 2. The molecule has 2 rings (SSSR count). The Kier molecular flexibility index (Phi) is 7.20. The fourth-order valence-corrected chi connectivity index (χ4v) is 2.98. The molecule has 1 amide bonds. The van der Waals surface area contributed by atoms with Gasteiger partial charge in [0.2, 0.25) is 0 Å². The molecule has 8 heteroatoms. The van der Waals surface area contributed by atoms with Crippen molar-refractivity contribution in [3.05, 3.63) is 71.3 Å². The minimum Gasteiger partial charge on any atom is -0.479 e. The smallest absolute Gasteiger partial charge is 0.335 e. The van der Waals surface area contributed by atoms with Crippen LogP contribution in [0, 0.1) is 0 Å². The predicted molar refractivity (Wildman–Crippen MR) is 114 cm³/mol.